The molecule has 6 heterocycles. The Morgan fingerprint density at radius 1 is 0.489 bits per heavy atom. The Hall–Kier alpha value is -6.28. The van der Waals surface area contributed by atoms with E-state index in [2.05, 4.69) is 86.6 Å². The van der Waals surface area contributed by atoms with Crippen molar-refractivity contribution in [1.29, 1.82) is 0 Å². The first-order chi connectivity index (χ1) is 23.1. The molecule has 6 aromatic heterocycles. The Morgan fingerprint density at radius 3 is 1.77 bits per heavy atom. The van der Waals surface area contributed by atoms with Crippen LogP contribution in [0.3, 0.4) is 0 Å². The van der Waals surface area contributed by atoms with Gasteiger partial charge in [-0.15, -0.1) is 0 Å². The van der Waals surface area contributed by atoms with Gasteiger partial charge in [0.1, 0.15) is 16.9 Å². The zero-order valence-corrected chi connectivity index (χ0v) is 25.6. The van der Waals surface area contributed by atoms with Crippen LogP contribution in [0, 0.1) is 0 Å². The summed E-state index contributed by atoms with van der Waals surface area (Å²) in [5.74, 6) is 1.47. The second kappa shape index (κ2) is 9.37. The molecule has 10 rings (SSSR count). The van der Waals surface area contributed by atoms with Gasteiger partial charge in [0.05, 0.1) is 5.52 Å². The maximum absolute atomic E-state index is 5.19. The highest BCUT2D eigenvalue weighted by Crippen LogP contribution is 2.49. The molecule has 0 radical (unpaired) electrons. The van der Waals surface area contributed by atoms with E-state index in [1.807, 2.05) is 45.7 Å². The van der Waals surface area contributed by atoms with E-state index in [0.717, 1.165) is 49.6 Å². The Labute approximate surface area is 269 Å². The Balaban J connectivity index is 1.29. The molecule has 1 aliphatic rings. The van der Waals surface area contributed by atoms with E-state index >= 15 is 0 Å². The molecule has 0 atom stereocenters. The van der Waals surface area contributed by atoms with Crippen LogP contribution in [0.4, 0.5) is 0 Å². The summed E-state index contributed by atoms with van der Waals surface area (Å²) in [6, 6.07) is 35.5. The van der Waals surface area contributed by atoms with Gasteiger partial charge in [0.2, 0.25) is 11.9 Å². The summed E-state index contributed by atoms with van der Waals surface area (Å²) in [5, 5.41) is 4.07. The molecule has 0 aliphatic heterocycles. The van der Waals surface area contributed by atoms with Crippen molar-refractivity contribution >= 4 is 44.0 Å². The minimum absolute atomic E-state index is 0.169. The van der Waals surface area contributed by atoms with Gasteiger partial charge in [-0.3, -0.25) is 4.57 Å². The standard InChI is InChI=1S/C39H26N8/c1-39(2)30-15-5-3-10-24(30)25-18-17-23(22-31(25)39)33-43-37(46-32-16-6-4-11-26(32)27-12-7-19-40-34(27)46)45-38(44-33)47-35-28(13-8-20-41-35)29-14-9-21-42-36(29)47/h3-22H,1-2H3. The fourth-order valence-corrected chi connectivity index (χ4v) is 7.39. The van der Waals surface area contributed by atoms with E-state index in [9.17, 15) is 0 Å². The van der Waals surface area contributed by atoms with E-state index in [1.165, 1.54) is 22.3 Å². The van der Waals surface area contributed by atoms with Gasteiger partial charge < -0.3 is 0 Å². The van der Waals surface area contributed by atoms with Crippen molar-refractivity contribution < 1.29 is 0 Å². The van der Waals surface area contributed by atoms with E-state index < -0.39 is 0 Å². The van der Waals surface area contributed by atoms with Gasteiger partial charge in [0.15, 0.2) is 5.82 Å². The predicted molar refractivity (Wildman–Crippen MR) is 185 cm³/mol. The van der Waals surface area contributed by atoms with Crippen molar-refractivity contribution in [3.63, 3.8) is 0 Å². The number of fused-ring (bicyclic) bond motifs is 9. The van der Waals surface area contributed by atoms with Crippen LogP contribution in [-0.4, -0.2) is 39.0 Å². The van der Waals surface area contributed by atoms with Crippen molar-refractivity contribution in [3.05, 3.63) is 133 Å². The SMILES string of the molecule is CC1(C)c2ccccc2-c2ccc(-c3nc(-n4c5ccccc5c5cccnc54)nc(-n4c5ncccc5c5cccnc54)n3)cc21. The second-order valence-corrected chi connectivity index (χ2v) is 12.5. The Kier molecular flexibility index (Phi) is 5.18. The van der Waals surface area contributed by atoms with Gasteiger partial charge in [0, 0.05) is 51.1 Å². The third-order valence-corrected chi connectivity index (χ3v) is 9.57. The van der Waals surface area contributed by atoms with Gasteiger partial charge >= 0.3 is 0 Å². The first kappa shape index (κ1) is 26.0. The van der Waals surface area contributed by atoms with Crippen molar-refractivity contribution in [1.82, 2.24) is 39.0 Å². The minimum Gasteiger partial charge on any atom is -0.262 e. The van der Waals surface area contributed by atoms with Crippen LogP contribution in [0.1, 0.15) is 25.0 Å². The van der Waals surface area contributed by atoms with Crippen LogP contribution in [0.5, 0.6) is 0 Å². The Bertz CT molecular complexity index is 2500. The molecule has 8 nitrogen and oxygen atoms in total. The zero-order valence-electron chi connectivity index (χ0n) is 25.6. The summed E-state index contributed by atoms with van der Waals surface area (Å²) in [6.45, 7) is 4.57. The molecule has 222 valence electrons. The van der Waals surface area contributed by atoms with E-state index in [0.29, 0.717) is 17.7 Å². The topological polar surface area (TPSA) is 87.2 Å². The fraction of sp³-hybridized carbons (Fsp3) is 0.0769. The molecule has 0 spiro atoms. The van der Waals surface area contributed by atoms with Crippen molar-refractivity contribution in [3.8, 4) is 34.4 Å². The minimum atomic E-state index is -0.169. The third-order valence-electron chi connectivity index (χ3n) is 9.57. The lowest BCUT2D eigenvalue weighted by Gasteiger charge is -2.21. The number of hydrogen-bond acceptors (Lipinski definition) is 6. The van der Waals surface area contributed by atoms with Crippen LogP contribution in [0.15, 0.2) is 122 Å². The molecular formula is C39H26N8. The summed E-state index contributed by atoms with van der Waals surface area (Å²) in [4.78, 5) is 29.9. The normalized spacial score (nSPS) is 13.5. The highest BCUT2D eigenvalue weighted by atomic mass is 15.3. The molecule has 9 aromatic rings. The van der Waals surface area contributed by atoms with E-state index in [4.69, 9.17) is 29.9 Å². The summed E-state index contributed by atoms with van der Waals surface area (Å²) >= 11 is 0. The molecule has 0 saturated carbocycles. The maximum Gasteiger partial charge on any atom is 0.242 e. The quantitative estimate of drug-likeness (QED) is 0.201. The van der Waals surface area contributed by atoms with Crippen molar-refractivity contribution in [2.24, 2.45) is 0 Å². The first-order valence-corrected chi connectivity index (χ1v) is 15.6. The number of nitrogens with zero attached hydrogens (tertiary/aromatic N) is 8. The molecule has 0 amide bonds. The lowest BCUT2D eigenvalue weighted by molar-refractivity contribution is 0.660. The number of pyridine rings is 3. The molecule has 0 N–H and O–H groups in total. The fourth-order valence-electron chi connectivity index (χ4n) is 7.39. The Morgan fingerprint density at radius 2 is 1.04 bits per heavy atom. The molecule has 47 heavy (non-hydrogen) atoms. The van der Waals surface area contributed by atoms with Crippen LogP contribution >= 0.6 is 0 Å². The lowest BCUT2D eigenvalue weighted by Crippen LogP contribution is -2.15. The summed E-state index contributed by atoms with van der Waals surface area (Å²) < 4.78 is 3.97. The lowest BCUT2D eigenvalue weighted by atomic mass is 9.82. The van der Waals surface area contributed by atoms with Gasteiger partial charge in [-0.25, -0.2) is 19.5 Å². The van der Waals surface area contributed by atoms with E-state index in [1.54, 1.807) is 12.4 Å². The number of hydrogen-bond donors (Lipinski definition) is 0. The number of rotatable bonds is 3. The molecule has 0 saturated heterocycles. The number of benzene rings is 3. The van der Waals surface area contributed by atoms with E-state index in [-0.39, 0.29) is 5.41 Å². The average Bonchev–Trinajstić information content (AvgIpc) is 3.72. The van der Waals surface area contributed by atoms with Crippen LogP contribution < -0.4 is 0 Å². The second-order valence-electron chi connectivity index (χ2n) is 12.5. The van der Waals surface area contributed by atoms with Crippen LogP contribution in [0.2, 0.25) is 0 Å². The molecular weight excluding hydrogens is 580 g/mol. The predicted octanol–water partition coefficient (Wildman–Crippen LogP) is 8.22. The van der Waals surface area contributed by atoms with Gasteiger partial charge in [-0.05, 0) is 70.8 Å². The van der Waals surface area contributed by atoms with Gasteiger partial charge in [0.25, 0.3) is 0 Å². The molecule has 1 aliphatic carbocycles. The van der Waals surface area contributed by atoms with Crippen molar-refractivity contribution in [2.75, 3.05) is 0 Å². The van der Waals surface area contributed by atoms with Gasteiger partial charge in [-0.2, -0.15) is 15.0 Å². The van der Waals surface area contributed by atoms with Crippen molar-refractivity contribution in [2.45, 2.75) is 19.3 Å². The van der Waals surface area contributed by atoms with Crippen LogP contribution in [0.25, 0.3) is 78.4 Å². The number of aromatic nitrogens is 8. The molecule has 0 unspecified atom stereocenters. The molecule has 0 bridgehead atoms. The summed E-state index contributed by atoms with van der Waals surface area (Å²) in [6.07, 6.45) is 5.39. The molecule has 0 fully saturated rings. The highest BCUT2D eigenvalue weighted by molar-refractivity contribution is 6.08. The maximum atomic E-state index is 5.19. The molecule has 3 aromatic carbocycles. The largest absolute Gasteiger partial charge is 0.262 e. The third kappa shape index (κ3) is 3.58. The first-order valence-electron chi connectivity index (χ1n) is 15.6. The van der Waals surface area contributed by atoms with Gasteiger partial charge in [-0.1, -0.05) is 68.4 Å². The molecule has 8 heteroatoms. The highest BCUT2D eigenvalue weighted by Gasteiger charge is 2.35. The zero-order chi connectivity index (χ0) is 31.3. The summed E-state index contributed by atoms with van der Waals surface area (Å²) in [5.41, 5.74) is 9.03. The smallest absolute Gasteiger partial charge is 0.242 e. The number of para-hydroxylation sites is 1. The van der Waals surface area contributed by atoms with Crippen LogP contribution in [-0.2, 0) is 5.41 Å². The monoisotopic (exact) mass is 606 g/mol. The summed E-state index contributed by atoms with van der Waals surface area (Å²) in [7, 11) is 0. The average molecular weight is 607 g/mol.